The number of amides is 1. The number of alkyl halides is 3. The molecule has 0 atom stereocenters. The Morgan fingerprint density at radius 1 is 1.08 bits per heavy atom. The highest BCUT2D eigenvalue weighted by Gasteiger charge is 2.38. The van der Waals surface area contributed by atoms with Gasteiger partial charge in [0.15, 0.2) is 9.84 Å². The largest absolute Gasteiger partial charge is 0.490 e. The normalized spacial score (nSPS) is 13.1. The Balaban J connectivity index is 0.000000673. The van der Waals surface area contributed by atoms with Gasteiger partial charge in [-0.2, -0.15) is 13.2 Å². The number of sulfone groups is 1. The molecule has 4 N–H and O–H groups in total. The van der Waals surface area contributed by atoms with E-state index < -0.39 is 22.0 Å². The number of benzene rings is 2. The topological polar surface area (TPSA) is 137 Å². The van der Waals surface area contributed by atoms with Crippen LogP contribution in [0, 0.1) is 0 Å². The molecule has 0 radical (unpaired) electrons. The number of carboxylic acid groups (broad SMARTS) is 1. The summed E-state index contributed by atoms with van der Waals surface area (Å²) in [6, 6.07) is 12.6. The third-order valence-corrected chi connectivity index (χ3v) is 7.71. The molecule has 0 aromatic heterocycles. The van der Waals surface area contributed by atoms with Gasteiger partial charge in [0.05, 0.1) is 21.5 Å². The summed E-state index contributed by atoms with van der Waals surface area (Å²) >= 11 is 11.9. The van der Waals surface area contributed by atoms with Crippen molar-refractivity contribution in [1.82, 2.24) is 16.0 Å². The Morgan fingerprint density at radius 2 is 1.74 bits per heavy atom. The standard InChI is InChI=1S/C22H26Cl2N4O3S.C2HF3O2/c23-18-3-1-4-19(21(18)24)32(30,31)15-25-11-2-5-20(29)26-12-10-16-6-8-17(9-7-16)22-27-13-14-28-22;3-2(4,5)1(6)7/h1,3-4,6-9,25H,2,5,10-15H2,(H,26,29)(H,27,28);(H,6,7). The summed E-state index contributed by atoms with van der Waals surface area (Å²) in [6.07, 6.45) is -3.51. The summed E-state index contributed by atoms with van der Waals surface area (Å²) < 4.78 is 56.5. The maximum Gasteiger partial charge on any atom is 0.490 e. The summed E-state index contributed by atoms with van der Waals surface area (Å²) in [5.74, 6) is -2.16. The van der Waals surface area contributed by atoms with E-state index in [0.29, 0.717) is 25.9 Å². The molecule has 214 valence electrons. The van der Waals surface area contributed by atoms with E-state index in [1.165, 1.54) is 12.1 Å². The third-order valence-electron chi connectivity index (χ3n) is 5.18. The van der Waals surface area contributed by atoms with Crippen LogP contribution in [0.5, 0.6) is 0 Å². The smallest absolute Gasteiger partial charge is 0.475 e. The number of aliphatic carboxylic acids is 1. The van der Waals surface area contributed by atoms with Crippen LogP contribution in [0.15, 0.2) is 52.4 Å². The average Bonchev–Trinajstić information content (AvgIpc) is 3.41. The number of carboxylic acids is 1. The highest BCUT2D eigenvalue weighted by molar-refractivity contribution is 7.91. The summed E-state index contributed by atoms with van der Waals surface area (Å²) in [6.45, 7) is 2.63. The molecule has 0 saturated heterocycles. The Bertz CT molecular complexity index is 1270. The molecule has 0 fully saturated rings. The predicted octanol–water partition coefficient (Wildman–Crippen LogP) is 3.44. The van der Waals surface area contributed by atoms with Crippen LogP contribution in [0.25, 0.3) is 0 Å². The fraction of sp³-hybridized carbons (Fsp3) is 0.375. The van der Waals surface area contributed by atoms with Gasteiger partial charge in [0.1, 0.15) is 11.7 Å². The van der Waals surface area contributed by atoms with Gasteiger partial charge >= 0.3 is 12.1 Å². The van der Waals surface area contributed by atoms with Crippen LogP contribution in [0.2, 0.25) is 10.0 Å². The zero-order valence-electron chi connectivity index (χ0n) is 20.5. The molecule has 0 aliphatic carbocycles. The molecule has 9 nitrogen and oxygen atoms in total. The predicted molar refractivity (Wildman–Crippen MR) is 142 cm³/mol. The Labute approximate surface area is 233 Å². The quantitative estimate of drug-likeness (QED) is 0.286. The van der Waals surface area contributed by atoms with E-state index in [0.717, 1.165) is 36.5 Å². The molecule has 1 aliphatic heterocycles. The minimum atomic E-state index is -5.08. The summed E-state index contributed by atoms with van der Waals surface area (Å²) in [5.41, 5.74) is 2.21. The van der Waals surface area contributed by atoms with Crippen LogP contribution in [-0.4, -0.2) is 69.5 Å². The molecular formula is C24H27Cl2F3N4O5S. The van der Waals surface area contributed by atoms with Crippen molar-refractivity contribution in [2.45, 2.75) is 30.3 Å². The maximum atomic E-state index is 12.4. The summed E-state index contributed by atoms with van der Waals surface area (Å²) in [5, 5.41) is 16.3. The zero-order chi connectivity index (χ0) is 29.1. The number of rotatable bonds is 11. The van der Waals surface area contributed by atoms with Crippen molar-refractivity contribution < 1.29 is 36.3 Å². The van der Waals surface area contributed by atoms with Crippen molar-refractivity contribution in [2.75, 3.05) is 32.1 Å². The second-order valence-corrected chi connectivity index (χ2v) is 10.9. The van der Waals surface area contributed by atoms with Crippen molar-refractivity contribution in [3.63, 3.8) is 0 Å². The van der Waals surface area contributed by atoms with Crippen molar-refractivity contribution in [1.29, 1.82) is 0 Å². The molecule has 2 aromatic rings. The van der Waals surface area contributed by atoms with Gasteiger partial charge in [-0.15, -0.1) is 0 Å². The van der Waals surface area contributed by atoms with Gasteiger partial charge in [0.25, 0.3) is 0 Å². The van der Waals surface area contributed by atoms with Crippen molar-refractivity contribution in [3.8, 4) is 0 Å². The molecule has 0 spiro atoms. The highest BCUT2D eigenvalue weighted by atomic mass is 35.5. The fourth-order valence-electron chi connectivity index (χ4n) is 3.24. The average molecular weight is 611 g/mol. The van der Waals surface area contributed by atoms with Crippen molar-refractivity contribution >= 4 is 50.8 Å². The second-order valence-electron chi connectivity index (χ2n) is 8.17. The second kappa shape index (κ2) is 15.1. The maximum absolute atomic E-state index is 12.4. The minimum Gasteiger partial charge on any atom is -0.475 e. The summed E-state index contributed by atoms with van der Waals surface area (Å²) in [7, 11) is -3.61. The molecule has 39 heavy (non-hydrogen) atoms. The van der Waals surface area contributed by atoms with Gasteiger partial charge in [-0.1, -0.05) is 53.5 Å². The molecule has 2 aromatic carbocycles. The number of nitrogens with zero attached hydrogens (tertiary/aromatic N) is 1. The van der Waals surface area contributed by atoms with Gasteiger partial charge in [0, 0.05) is 25.1 Å². The molecule has 0 bridgehead atoms. The third kappa shape index (κ3) is 11.0. The first-order chi connectivity index (χ1) is 18.3. The lowest BCUT2D eigenvalue weighted by Crippen LogP contribution is -2.28. The van der Waals surface area contributed by atoms with Gasteiger partial charge in [-0.05, 0) is 37.1 Å². The van der Waals surface area contributed by atoms with Crippen LogP contribution in [0.1, 0.15) is 24.0 Å². The van der Waals surface area contributed by atoms with Gasteiger partial charge in [-0.25, -0.2) is 13.2 Å². The van der Waals surface area contributed by atoms with E-state index in [9.17, 15) is 26.4 Å². The molecule has 3 rings (SSSR count). The lowest BCUT2D eigenvalue weighted by molar-refractivity contribution is -0.192. The summed E-state index contributed by atoms with van der Waals surface area (Å²) in [4.78, 5) is 25.3. The SMILES string of the molecule is O=C(CCCNCS(=O)(=O)c1cccc(Cl)c1Cl)NCCc1ccc(C2=NCCN2)cc1.O=C(O)C(F)(F)F. The number of hydrogen-bond acceptors (Lipinski definition) is 7. The number of amidine groups is 1. The molecule has 1 aliphatic rings. The zero-order valence-corrected chi connectivity index (χ0v) is 22.9. The number of halogens is 5. The number of carbonyl (C=O) groups excluding carboxylic acids is 1. The molecule has 0 unspecified atom stereocenters. The van der Waals surface area contributed by atoms with Crippen LogP contribution < -0.4 is 16.0 Å². The Kier molecular flexibility index (Phi) is 12.5. The number of nitrogens with one attached hydrogen (secondary N) is 3. The highest BCUT2D eigenvalue weighted by Crippen LogP contribution is 2.29. The number of hydrogen-bond donors (Lipinski definition) is 4. The van der Waals surface area contributed by atoms with Gasteiger partial charge in [-0.3, -0.25) is 9.79 Å². The first kappa shape index (κ1) is 32.3. The number of aliphatic imine (C=N–C) groups is 1. The van der Waals surface area contributed by atoms with E-state index in [-0.39, 0.29) is 26.7 Å². The lowest BCUT2D eigenvalue weighted by Gasteiger charge is -2.09. The molecule has 0 saturated carbocycles. The Hall–Kier alpha value is -2.87. The molecule has 1 heterocycles. The molecular weight excluding hydrogens is 584 g/mol. The molecule has 15 heteroatoms. The number of carbonyl (C=O) groups is 2. The first-order valence-electron chi connectivity index (χ1n) is 11.6. The van der Waals surface area contributed by atoms with Crippen LogP contribution >= 0.6 is 23.2 Å². The van der Waals surface area contributed by atoms with Crippen molar-refractivity contribution in [3.05, 3.63) is 63.6 Å². The first-order valence-corrected chi connectivity index (χ1v) is 14.0. The Morgan fingerprint density at radius 3 is 2.33 bits per heavy atom. The van der Waals surface area contributed by atoms with Crippen molar-refractivity contribution in [2.24, 2.45) is 4.99 Å². The van der Waals surface area contributed by atoms with Gasteiger partial charge < -0.3 is 21.1 Å². The van der Waals surface area contributed by atoms with Crippen LogP contribution in [0.3, 0.4) is 0 Å². The minimum absolute atomic E-state index is 0.00237. The van der Waals surface area contributed by atoms with E-state index in [4.69, 9.17) is 33.1 Å². The van der Waals surface area contributed by atoms with E-state index in [1.54, 1.807) is 6.07 Å². The van der Waals surface area contributed by atoms with Crippen LogP contribution in [-0.2, 0) is 25.8 Å². The van der Waals surface area contributed by atoms with Gasteiger partial charge in [0.2, 0.25) is 5.91 Å². The van der Waals surface area contributed by atoms with Crippen LogP contribution in [0.4, 0.5) is 13.2 Å². The molecule has 1 amide bonds. The van der Waals surface area contributed by atoms with E-state index in [1.807, 2.05) is 24.3 Å². The van der Waals surface area contributed by atoms with E-state index >= 15 is 0 Å². The monoisotopic (exact) mass is 610 g/mol. The lowest BCUT2D eigenvalue weighted by atomic mass is 10.1. The van der Waals surface area contributed by atoms with E-state index in [2.05, 4.69) is 20.9 Å². The fourth-order valence-corrected chi connectivity index (χ4v) is 5.18.